The van der Waals surface area contributed by atoms with Crippen LogP contribution in [0.4, 0.5) is 4.39 Å². The molecule has 1 rings (SSSR count). The molecule has 0 heterocycles. The molecule has 0 saturated heterocycles. The molecule has 0 amide bonds. The van der Waals surface area contributed by atoms with Crippen LogP contribution in [-0.4, -0.2) is 4.83 Å². The molecule has 0 aliphatic rings. The maximum absolute atomic E-state index is 13.2. The van der Waals surface area contributed by atoms with Crippen LogP contribution in [0.3, 0.4) is 0 Å². The quantitative estimate of drug-likeness (QED) is 0.414. The average Bonchev–Trinajstić information content (AvgIpc) is 2.43. The minimum absolute atomic E-state index is 0.265. The number of nitrogens with zero attached hydrogens (tertiary/aromatic N) is 1. The van der Waals surface area contributed by atoms with Crippen molar-refractivity contribution >= 4 is 15.9 Å². The Balaban J connectivity index is 2.33. The van der Waals surface area contributed by atoms with Gasteiger partial charge in [0.1, 0.15) is 5.82 Å². The molecular weight excluding hydrogens is 317 g/mol. The number of rotatable bonds is 9. The van der Waals surface area contributed by atoms with E-state index < -0.39 is 0 Å². The van der Waals surface area contributed by atoms with Crippen molar-refractivity contribution < 1.29 is 4.39 Å². The highest BCUT2D eigenvalue weighted by molar-refractivity contribution is 9.09. The van der Waals surface area contributed by atoms with E-state index in [-0.39, 0.29) is 5.82 Å². The predicted octanol–water partition coefficient (Wildman–Crippen LogP) is 5.75. The fourth-order valence-corrected chi connectivity index (χ4v) is 3.00. The van der Waals surface area contributed by atoms with Crippen LogP contribution in [-0.2, 0) is 6.42 Å². The first kappa shape index (κ1) is 17.2. The van der Waals surface area contributed by atoms with Gasteiger partial charge in [-0.3, -0.25) is 0 Å². The Labute approximate surface area is 130 Å². The Hall–Kier alpha value is -0.880. The molecule has 0 spiro atoms. The number of alkyl halides is 1. The molecule has 1 unspecified atom stereocenters. The molecular formula is C17H23BrFN. The molecule has 0 saturated carbocycles. The maximum atomic E-state index is 13.2. The van der Waals surface area contributed by atoms with Crippen LogP contribution in [0.25, 0.3) is 0 Å². The van der Waals surface area contributed by atoms with E-state index in [1.165, 1.54) is 50.7 Å². The summed E-state index contributed by atoms with van der Waals surface area (Å²) in [5.41, 5.74) is 1.39. The lowest BCUT2D eigenvalue weighted by Gasteiger charge is -2.11. The summed E-state index contributed by atoms with van der Waals surface area (Å²) in [4.78, 5) is 0.322. The number of unbranched alkanes of at least 4 members (excludes halogenated alkanes) is 5. The second-order valence-corrected chi connectivity index (χ2v) is 6.57. The van der Waals surface area contributed by atoms with Crippen LogP contribution in [0.15, 0.2) is 18.2 Å². The lowest BCUT2D eigenvalue weighted by molar-refractivity contribution is 0.581. The minimum Gasteiger partial charge on any atom is -0.207 e. The first-order valence-corrected chi connectivity index (χ1v) is 8.41. The summed E-state index contributed by atoms with van der Waals surface area (Å²) in [7, 11) is 0. The van der Waals surface area contributed by atoms with E-state index in [0.717, 1.165) is 18.4 Å². The van der Waals surface area contributed by atoms with Gasteiger partial charge in [0, 0.05) is 4.83 Å². The van der Waals surface area contributed by atoms with Gasteiger partial charge in [0.05, 0.1) is 11.6 Å². The molecule has 1 atom stereocenters. The lowest BCUT2D eigenvalue weighted by atomic mass is 10.0. The summed E-state index contributed by atoms with van der Waals surface area (Å²) in [6.07, 6.45) is 9.48. The van der Waals surface area contributed by atoms with E-state index in [1.54, 1.807) is 6.07 Å². The number of benzene rings is 1. The molecule has 110 valence electrons. The Bertz CT molecular complexity index is 439. The summed E-state index contributed by atoms with van der Waals surface area (Å²) in [5.74, 6) is -0.265. The van der Waals surface area contributed by atoms with Crippen molar-refractivity contribution in [3.8, 4) is 6.07 Å². The van der Waals surface area contributed by atoms with Gasteiger partial charge in [-0.15, -0.1) is 0 Å². The zero-order valence-electron chi connectivity index (χ0n) is 12.2. The molecule has 3 heteroatoms. The molecule has 1 nitrogen and oxygen atoms in total. The predicted molar refractivity (Wildman–Crippen MR) is 85.5 cm³/mol. The highest BCUT2D eigenvalue weighted by Gasteiger charge is 2.10. The third kappa shape index (κ3) is 6.52. The van der Waals surface area contributed by atoms with Gasteiger partial charge in [0.2, 0.25) is 0 Å². The van der Waals surface area contributed by atoms with Crippen molar-refractivity contribution in [1.29, 1.82) is 5.26 Å². The Morgan fingerprint density at radius 2 is 1.90 bits per heavy atom. The van der Waals surface area contributed by atoms with Crippen LogP contribution in [0, 0.1) is 17.1 Å². The lowest BCUT2D eigenvalue weighted by Crippen LogP contribution is -2.05. The first-order valence-electron chi connectivity index (χ1n) is 7.50. The van der Waals surface area contributed by atoms with E-state index in [4.69, 9.17) is 5.26 Å². The molecule has 0 N–H and O–H groups in total. The highest BCUT2D eigenvalue weighted by atomic mass is 79.9. The van der Waals surface area contributed by atoms with Gasteiger partial charge < -0.3 is 0 Å². The van der Waals surface area contributed by atoms with Crippen molar-refractivity contribution in [2.75, 3.05) is 0 Å². The highest BCUT2D eigenvalue weighted by Crippen LogP contribution is 2.20. The van der Waals surface area contributed by atoms with Gasteiger partial charge in [-0.05, 0) is 36.6 Å². The summed E-state index contributed by atoms with van der Waals surface area (Å²) >= 11 is 3.65. The second kappa shape index (κ2) is 9.94. The van der Waals surface area contributed by atoms with Crippen molar-refractivity contribution in [3.63, 3.8) is 0 Å². The normalized spacial score (nSPS) is 12.1. The summed E-state index contributed by atoms with van der Waals surface area (Å²) in [6.45, 7) is 2.22. The van der Waals surface area contributed by atoms with Gasteiger partial charge in [-0.2, -0.15) is 5.26 Å². The number of nitriles is 1. The van der Waals surface area contributed by atoms with E-state index in [1.807, 2.05) is 0 Å². The number of hydrogen-bond acceptors (Lipinski definition) is 1. The van der Waals surface area contributed by atoms with Crippen molar-refractivity contribution in [3.05, 3.63) is 35.1 Å². The molecule has 20 heavy (non-hydrogen) atoms. The van der Waals surface area contributed by atoms with Crippen LogP contribution in [0.5, 0.6) is 0 Å². The Kier molecular flexibility index (Phi) is 8.53. The Morgan fingerprint density at radius 1 is 1.20 bits per heavy atom. The van der Waals surface area contributed by atoms with E-state index >= 15 is 0 Å². The third-order valence-corrected chi connectivity index (χ3v) is 4.28. The van der Waals surface area contributed by atoms with Crippen LogP contribution in [0.1, 0.15) is 63.0 Å². The molecule has 1 aromatic carbocycles. The summed E-state index contributed by atoms with van der Waals surface area (Å²) in [6, 6.07) is 6.52. The molecule has 0 radical (unpaired) electrons. The van der Waals surface area contributed by atoms with Crippen LogP contribution >= 0.6 is 15.9 Å². The maximum Gasteiger partial charge on any atom is 0.123 e. The smallest absolute Gasteiger partial charge is 0.123 e. The molecule has 0 fully saturated rings. The van der Waals surface area contributed by atoms with Gasteiger partial charge in [0.15, 0.2) is 0 Å². The fraction of sp³-hybridized carbons (Fsp3) is 0.588. The number of halogens is 2. The molecule has 1 aromatic rings. The Morgan fingerprint density at radius 3 is 2.60 bits per heavy atom. The van der Waals surface area contributed by atoms with Crippen LogP contribution in [0.2, 0.25) is 0 Å². The molecule has 0 aliphatic carbocycles. The second-order valence-electron chi connectivity index (χ2n) is 5.27. The fourth-order valence-electron chi connectivity index (χ4n) is 2.33. The van der Waals surface area contributed by atoms with Gasteiger partial charge in [-0.1, -0.05) is 61.4 Å². The monoisotopic (exact) mass is 339 g/mol. The summed E-state index contributed by atoms with van der Waals surface area (Å²) in [5, 5.41) is 9.03. The van der Waals surface area contributed by atoms with Gasteiger partial charge in [0.25, 0.3) is 0 Å². The van der Waals surface area contributed by atoms with E-state index in [2.05, 4.69) is 28.9 Å². The van der Waals surface area contributed by atoms with Gasteiger partial charge in [-0.25, -0.2) is 4.39 Å². The third-order valence-electron chi connectivity index (χ3n) is 3.50. The number of hydrogen-bond donors (Lipinski definition) is 0. The SMILES string of the molecule is CCCCCCCCC(Br)Cc1cc(F)ccc1C#N. The standard InChI is InChI=1S/C17H23BrFN/c1-2-3-4-5-6-7-8-16(18)11-15-12-17(19)10-9-14(15)13-20/h9-10,12,16H,2-8,11H2,1H3. The van der Waals surface area contributed by atoms with E-state index in [0.29, 0.717) is 10.4 Å². The largest absolute Gasteiger partial charge is 0.207 e. The molecule has 0 aliphatic heterocycles. The topological polar surface area (TPSA) is 23.8 Å². The van der Waals surface area contributed by atoms with Crippen molar-refractivity contribution in [1.82, 2.24) is 0 Å². The molecule has 0 aromatic heterocycles. The molecule has 0 bridgehead atoms. The van der Waals surface area contributed by atoms with Crippen molar-refractivity contribution in [2.24, 2.45) is 0 Å². The van der Waals surface area contributed by atoms with E-state index in [9.17, 15) is 4.39 Å². The minimum atomic E-state index is -0.265. The summed E-state index contributed by atoms with van der Waals surface area (Å²) < 4.78 is 13.2. The van der Waals surface area contributed by atoms with Crippen LogP contribution < -0.4 is 0 Å². The first-order chi connectivity index (χ1) is 9.67. The van der Waals surface area contributed by atoms with Gasteiger partial charge >= 0.3 is 0 Å². The zero-order valence-corrected chi connectivity index (χ0v) is 13.8. The average molecular weight is 340 g/mol. The van der Waals surface area contributed by atoms with Crippen molar-refractivity contribution in [2.45, 2.75) is 63.1 Å². The zero-order chi connectivity index (χ0) is 14.8.